The third-order valence-electron chi connectivity index (χ3n) is 3.48. The second kappa shape index (κ2) is 6.50. The summed E-state index contributed by atoms with van der Waals surface area (Å²) < 4.78 is 0. The Morgan fingerprint density at radius 2 is 1.84 bits per heavy atom. The molecule has 1 aromatic carbocycles. The van der Waals surface area contributed by atoms with Crippen LogP contribution in [-0.2, 0) is 6.54 Å². The second-order valence-electron chi connectivity index (χ2n) is 4.78. The summed E-state index contributed by atoms with van der Waals surface area (Å²) in [4.78, 5) is 16.5. The summed E-state index contributed by atoms with van der Waals surface area (Å²) in [6, 6.07) is 7.56. The van der Waals surface area contributed by atoms with Crippen molar-refractivity contribution in [3.63, 3.8) is 0 Å². The van der Waals surface area contributed by atoms with Gasteiger partial charge in [-0.2, -0.15) is 0 Å². The Hall–Kier alpha value is -1.65. The van der Waals surface area contributed by atoms with Crippen LogP contribution in [0.3, 0.4) is 0 Å². The van der Waals surface area contributed by atoms with Crippen LogP contribution in [-0.4, -0.2) is 48.4 Å². The van der Waals surface area contributed by atoms with E-state index in [0.29, 0.717) is 6.54 Å². The van der Waals surface area contributed by atoms with Gasteiger partial charge in [-0.15, -0.1) is 6.58 Å². The number of carbonyl (C=O) groups is 1. The van der Waals surface area contributed by atoms with E-state index in [9.17, 15) is 4.79 Å². The van der Waals surface area contributed by atoms with E-state index in [1.165, 1.54) is 0 Å². The van der Waals surface area contributed by atoms with Crippen molar-refractivity contribution >= 4 is 5.91 Å². The Kier molecular flexibility index (Phi) is 4.71. The molecule has 1 aliphatic heterocycles. The molecule has 0 saturated carbocycles. The number of nitrogens with two attached hydrogens (primary N) is 1. The van der Waals surface area contributed by atoms with Crippen molar-refractivity contribution in [3.8, 4) is 0 Å². The minimum absolute atomic E-state index is 0.113. The molecule has 4 heteroatoms. The first-order valence-electron chi connectivity index (χ1n) is 6.66. The highest BCUT2D eigenvalue weighted by Crippen LogP contribution is 2.10. The van der Waals surface area contributed by atoms with Gasteiger partial charge >= 0.3 is 0 Å². The molecule has 0 unspecified atom stereocenters. The van der Waals surface area contributed by atoms with Gasteiger partial charge in [0.15, 0.2) is 0 Å². The predicted octanol–water partition coefficient (Wildman–Crippen LogP) is 1.09. The molecule has 1 fully saturated rings. The average molecular weight is 259 g/mol. The predicted molar refractivity (Wildman–Crippen MR) is 76.9 cm³/mol. The van der Waals surface area contributed by atoms with Crippen molar-refractivity contribution in [1.29, 1.82) is 0 Å². The molecule has 0 spiro atoms. The Morgan fingerprint density at radius 1 is 1.21 bits per heavy atom. The first-order chi connectivity index (χ1) is 9.24. The van der Waals surface area contributed by atoms with E-state index in [1.807, 2.05) is 35.2 Å². The van der Waals surface area contributed by atoms with Crippen LogP contribution in [0.4, 0.5) is 0 Å². The molecular formula is C15H21N3O. The monoisotopic (exact) mass is 259 g/mol. The van der Waals surface area contributed by atoms with Crippen LogP contribution in [0.25, 0.3) is 0 Å². The number of amides is 1. The summed E-state index contributed by atoms with van der Waals surface area (Å²) in [6.07, 6.45) is 1.91. The van der Waals surface area contributed by atoms with Gasteiger partial charge in [0.1, 0.15) is 0 Å². The quantitative estimate of drug-likeness (QED) is 0.823. The van der Waals surface area contributed by atoms with Crippen molar-refractivity contribution in [1.82, 2.24) is 9.80 Å². The molecule has 4 nitrogen and oxygen atoms in total. The fraction of sp³-hybridized carbons (Fsp3) is 0.400. The largest absolute Gasteiger partial charge is 0.336 e. The molecule has 0 aliphatic carbocycles. The molecule has 1 saturated heterocycles. The Morgan fingerprint density at radius 3 is 2.37 bits per heavy atom. The average Bonchev–Trinajstić information content (AvgIpc) is 2.48. The number of rotatable bonds is 4. The van der Waals surface area contributed by atoms with Crippen molar-refractivity contribution in [3.05, 3.63) is 48.0 Å². The SMILES string of the molecule is C=CCN1CCN(C(=O)c2ccc(CN)cc2)CC1. The molecule has 2 rings (SSSR count). The number of hydrogen-bond donors (Lipinski definition) is 1. The molecule has 102 valence electrons. The minimum Gasteiger partial charge on any atom is -0.336 e. The van der Waals surface area contributed by atoms with E-state index in [2.05, 4.69) is 11.5 Å². The van der Waals surface area contributed by atoms with Gasteiger partial charge in [-0.05, 0) is 17.7 Å². The lowest BCUT2D eigenvalue weighted by molar-refractivity contribution is 0.0650. The molecule has 1 aromatic rings. The first-order valence-corrected chi connectivity index (χ1v) is 6.66. The minimum atomic E-state index is 0.113. The zero-order valence-electron chi connectivity index (χ0n) is 11.2. The molecule has 0 aromatic heterocycles. The zero-order valence-corrected chi connectivity index (χ0v) is 11.2. The number of piperazine rings is 1. The van der Waals surface area contributed by atoms with Crippen molar-refractivity contribution in [2.75, 3.05) is 32.7 Å². The van der Waals surface area contributed by atoms with Gasteiger partial charge in [-0.25, -0.2) is 0 Å². The molecular weight excluding hydrogens is 238 g/mol. The number of carbonyl (C=O) groups excluding carboxylic acids is 1. The highest BCUT2D eigenvalue weighted by atomic mass is 16.2. The van der Waals surface area contributed by atoms with Crippen LogP contribution in [0, 0.1) is 0 Å². The Labute approximate surface area is 114 Å². The highest BCUT2D eigenvalue weighted by Gasteiger charge is 2.21. The van der Waals surface area contributed by atoms with E-state index in [1.54, 1.807) is 0 Å². The topological polar surface area (TPSA) is 49.6 Å². The number of nitrogens with zero attached hydrogens (tertiary/aromatic N) is 2. The van der Waals surface area contributed by atoms with Crippen molar-refractivity contribution < 1.29 is 4.79 Å². The lowest BCUT2D eigenvalue weighted by Crippen LogP contribution is -2.48. The maximum absolute atomic E-state index is 12.3. The molecule has 0 atom stereocenters. The van der Waals surface area contributed by atoms with Crippen LogP contribution in [0.2, 0.25) is 0 Å². The Balaban J connectivity index is 1.94. The molecule has 0 bridgehead atoms. The Bertz CT molecular complexity index is 433. The molecule has 1 aliphatic rings. The van der Waals surface area contributed by atoms with E-state index in [4.69, 9.17) is 5.73 Å². The summed E-state index contributed by atoms with van der Waals surface area (Å²) in [6.45, 7) is 8.54. The normalized spacial score (nSPS) is 16.4. The van der Waals surface area contributed by atoms with Gasteiger partial charge in [0.25, 0.3) is 5.91 Å². The van der Waals surface area contributed by atoms with E-state index >= 15 is 0 Å². The van der Waals surface area contributed by atoms with Gasteiger partial charge in [-0.1, -0.05) is 18.2 Å². The van der Waals surface area contributed by atoms with Crippen molar-refractivity contribution in [2.24, 2.45) is 5.73 Å². The molecule has 19 heavy (non-hydrogen) atoms. The van der Waals surface area contributed by atoms with Gasteiger partial charge < -0.3 is 10.6 Å². The molecule has 1 heterocycles. The van der Waals surface area contributed by atoms with Crippen molar-refractivity contribution in [2.45, 2.75) is 6.54 Å². The van der Waals surface area contributed by atoms with Crippen LogP contribution < -0.4 is 5.73 Å². The first kappa shape index (κ1) is 13.8. The summed E-state index contributed by atoms with van der Waals surface area (Å²) in [5, 5.41) is 0. The summed E-state index contributed by atoms with van der Waals surface area (Å²) in [5.41, 5.74) is 7.35. The number of benzene rings is 1. The second-order valence-corrected chi connectivity index (χ2v) is 4.78. The van der Waals surface area contributed by atoms with E-state index in [0.717, 1.165) is 43.9 Å². The lowest BCUT2D eigenvalue weighted by Gasteiger charge is -2.34. The molecule has 1 amide bonds. The standard InChI is InChI=1S/C15H21N3O/c1-2-7-17-8-10-18(11-9-17)15(19)14-5-3-13(12-16)4-6-14/h2-6H,1,7-12,16H2. The van der Waals surface area contributed by atoms with Crippen LogP contribution in [0.1, 0.15) is 15.9 Å². The summed E-state index contributed by atoms with van der Waals surface area (Å²) >= 11 is 0. The van der Waals surface area contributed by atoms with Gasteiger partial charge in [0.2, 0.25) is 0 Å². The fourth-order valence-electron chi connectivity index (χ4n) is 2.28. The third-order valence-corrected chi connectivity index (χ3v) is 3.48. The zero-order chi connectivity index (χ0) is 13.7. The fourth-order valence-corrected chi connectivity index (χ4v) is 2.28. The van der Waals surface area contributed by atoms with Crippen LogP contribution in [0.5, 0.6) is 0 Å². The smallest absolute Gasteiger partial charge is 0.253 e. The third kappa shape index (κ3) is 3.43. The maximum atomic E-state index is 12.3. The summed E-state index contributed by atoms with van der Waals surface area (Å²) in [5.74, 6) is 0.113. The maximum Gasteiger partial charge on any atom is 0.253 e. The van der Waals surface area contributed by atoms with Gasteiger partial charge in [0.05, 0.1) is 0 Å². The highest BCUT2D eigenvalue weighted by molar-refractivity contribution is 5.94. The van der Waals surface area contributed by atoms with E-state index < -0.39 is 0 Å². The lowest BCUT2D eigenvalue weighted by atomic mass is 10.1. The van der Waals surface area contributed by atoms with Gasteiger partial charge in [-0.3, -0.25) is 9.69 Å². The van der Waals surface area contributed by atoms with Crippen LogP contribution >= 0.6 is 0 Å². The number of hydrogen-bond acceptors (Lipinski definition) is 3. The van der Waals surface area contributed by atoms with E-state index in [-0.39, 0.29) is 5.91 Å². The summed E-state index contributed by atoms with van der Waals surface area (Å²) in [7, 11) is 0. The molecule has 0 radical (unpaired) electrons. The molecule has 2 N–H and O–H groups in total. The van der Waals surface area contributed by atoms with Crippen LogP contribution in [0.15, 0.2) is 36.9 Å². The van der Waals surface area contributed by atoms with Gasteiger partial charge in [0, 0.05) is 44.8 Å².